The Bertz CT molecular complexity index is 760. The van der Waals surface area contributed by atoms with Crippen LogP contribution in [0.3, 0.4) is 0 Å². The average Bonchev–Trinajstić information content (AvgIpc) is 2.91. The van der Waals surface area contributed by atoms with E-state index in [1.54, 1.807) is 0 Å². The summed E-state index contributed by atoms with van der Waals surface area (Å²) in [4.78, 5) is 26.2. The van der Waals surface area contributed by atoms with Crippen LogP contribution in [0.4, 0.5) is 0 Å². The molecule has 0 spiro atoms. The molecule has 1 saturated heterocycles. The van der Waals surface area contributed by atoms with Crippen molar-refractivity contribution in [2.75, 3.05) is 19.8 Å². The van der Waals surface area contributed by atoms with Gasteiger partial charge in [-0.1, -0.05) is 29.8 Å². The second-order valence-corrected chi connectivity index (χ2v) is 5.92. The average molecular weight is 353 g/mol. The van der Waals surface area contributed by atoms with Crippen molar-refractivity contribution in [3.8, 4) is 0 Å². The Balaban J connectivity index is 1.74. The van der Waals surface area contributed by atoms with Crippen LogP contribution in [0.25, 0.3) is 10.9 Å². The van der Waals surface area contributed by atoms with E-state index in [9.17, 15) is 9.59 Å². The second kappa shape index (κ2) is 7.21. The molecule has 24 heavy (non-hydrogen) atoms. The van der Waals surface area contributed by atoms with Crippen LogP contribution >= 0.6 is 11.6 Å². The second-order valence-electron chi connectivity index (χ2n) is 5.55. The van der Waals surface area contributed by atoms with Crippen molar-refractivity contribution in [3.63, 3.8) is 0 Å². The summed E-state index contributed by atoms with van der Waals surface area (Å²) < 4.78 is 10.7. The normalized spacial score (nSPS) is 20.9. The fourth-order valence-electron chi connectivity index (χ4n) is 2.74. The smallest absolute Gasteiger partial charge is 0.329 e. The van der Waals surface area contributed by atoms with Gasteiger partial charge in [0, 0.05) is 17.5 Å². The van der Waals surface area contributed by atoms with Crippen LogP contribution in [0.1, 0.15) is 16.9 Å². The van der Waals surface area contributed by atoms with Gasteiger partial charge in [-0.05, 0) is 12.5 Å². The third-order valence-corrected chi connectivity index (χ3v) is 4.29. The number of halogens is 1. The van der Waals surface area contributed by atoms with Crippen molar-refractivity contribution < 1.29 is 24.2 Å². The number of ether oxygens (including phenoxy) is 2. The Labute approximate surface area is 142 Å². The zero-order valence-electron chi connectivity index (χ0n) is 12.8. The molecule has 2 aromatic rings. The zero-order valence-corrected chi connectivity index (χ0v) is 13.5. The summed E-state index contributed by atoms with van der Waals surface area (Å²) in [5.74, 6) is -1.43. The van der Waals surface area contributed by atoms with Crippen LogP contribution in [-0.4, -0.2) is 53.9 Å². The molecule has 0 saturated carbocycles. The number of amides is 1. The third-order valence-electron chi connectivity index (χ3n) is 3.90. The number of nitrogens with one attached hydrogen (secondary N) is 2. The lowest BCUT2D eigenvalue weighted by molar-refractivity contribution is -0.147. The predicted molar refractivity (Wildman–Crippen MR) is 87.4 cm³/mol. The van der Waals surface area contributed by atoms with Crippen molar-refractivity contribution in [2.24, 2.45) is 0 Å². The van der Waals surface area contributed by atoms with Gasteiger partial charge in [0.1, 0.15) is 12.3 Å². The molecule has 3 rings (SSSR count). The lowest BCUT2D eigenvalue weighted by atomic mass is 10.1. The topological polar surface area (TPSA) is 101 Å². The van der Waals surface area contributed by atoms with Gasteiger partial charge in [-0.25, -0.2) is 4.79 Å². The molecular weight excluding hydrogens is 336 g/mol. The van der Waals surface area contributed by atoms with E-state index in [1.807, 2.05) is 24.3 Å². The summed E-state index contributed by atoms with van der Waals surface area (Å²) in [6, 6.07) is 6.91. The number of H-pyrrole nitrogens is 1. The summed E-state index contributed by atoms with van der Waals surface area (Å²) in [5, 5.41) is 12.7. The summed E-state index contributed by atoms with van der Waals surface area (Å²) in [5.41, 5.74) is 1.03. The number of benzene rings is 1. The Morgan fingerprint density at radius 2 is 2.21 bits per heavy atom. The molecule has 1 aliphatic heterocycles. The number of carbonyl (C=O) groups excluding carboxylic acids is 1. The van der Waals surface area contributed by atoms with Gasteiger partial charge in [0.15, 0.2) is 0 Å². The van der Waals surface area contributed by atoms with Crippen molar-refractivity contribution >= 4 is 34.4 Å². The largest absolute Gasteiger partial charge is 0.480 e. The molecule has 1 amide bonds. The maximum atomic E-state index is 12.5. The van der Waals surface area contributed by atoms with Gasteiger partial charge < -0.3 is 24.9 Å². The van der Waals surface area contributed by atoms with Gasteiger partial charge in [0.25, 0.3) is 5.91 Å². The van der Waals surface area contributed by atoms with Crippen molar-refractivity contribution in [1.29, 1.82) is 0 Å². The van der Waals surface area contributed by atoms with E-state index in [2.05, 4.69) is 10.3 Å². The van der Waals surface area contributed by atoms with Gasteiger partial charge >= 0.3 is 5.97 Å². The minimum atomic E-state index is -1.05. The highest BCUT2D eigenvalue weighted by Gasteiger charge is 2.30. The number of carbonyl (C=O) groups is 2. The molecule has 128 valence electrons. The molecule has 8 heteroatoms. The number of rotatable bonds is 5. The van der Waals surface area contributed by atoms with E-state index < -0.39 is 24.7 Å². The molecular formula is C16H17ClN2O5. The molecule has 7 nitrogen and oxygen atoms in total. The lowest BCUT2D eigenvalue weighted by Crippen LogP contribution is -2.51. The number of para-hydroxylation sites is 1. The number of aliphatic carboxylic acids is 1. The van der Waals surface area contributed by atoms with Crippen LogP contribution in [0.2, 0.25) is 5.02 Å². The van der Waals surface area contributed by atoms with E-state index >= 15 is 0 Å². The maximum Gasteiger partial charge on any atom is 0.329 e. The molecule has 1 aromatic heterocycles. The van der Waals surface area contributed by atoms with Crippen molar-refractivity contribution in [2.45, 2.75) is 18.6 Å². The zero-order chi connectivity index (χ0) is 17.1. The fourth-order valence-corrected chi connectivity index (χ4v) is 3.03. The highest BCUT2D eigenvalue weighted by atomic mass is 35.5. The monoisotopic (exact) mass is 352 g/mol. The van der Waals surface area contributed by atoms with E-state index in [0.29, 0.717) is 18.1 Å². The molecule has 0 aliphatic carbocycles. The minimum absolute atomic E-state index is 0.258. The first-order valence-corrected chi connectivity index (χ1v) is 7.92. The number of carboxylic acids is 1. The van der Waals surface area contributed by atoms with Gasteiger partial charge in [-0.3, -0.25) is 4.79 Å². The molecule has 0 unspecified atom stereocenters. The quantitative estimate of drug-likeness (QED) is 0.762. The van der Waals surface area contributed by atoms with Crippen LogP contribution in [0, 0.1) is 0 Å². The SMILES string of the molecule is O=C(O)CO[C@H]1CCOC[C@H]1NC(=O)c1[nH]c2ccccc2c1Cl. The van der Waals surface area contributed by atoms with E-state index in [1.165, 1.54) is 0 Å². The standard InChI is InChI=1S/C16H17ClN2O5/c17-14-9-3-1-2-4-10(9)18-15(14)16(22)19-11-7-23-6-5-12(11)24-8-13(20)21/h1-4,11-12,18H,5-8H2,(H,19,22)(H,20,21)/t11-,12+/m1/s1. The molecule has 1 fully saturated rings. The summed E-state index contributed by atoms with van der Waals surface area (Å²) in [7, 11) is 0. The number of carboxylic acid groups (broad SMARTS) is 1. The van der Waals surface area contributed by atoms with E-state index in [0.717, 1.165) is 10.9 Å². The van der Waals surface area contributed by atoms with Crippen molar-refractivity contribution in [3.05, 3.63) is 35.0 Å². The maximum absolute atomic E-state index is 12.5. The third kappa shape index (κ3) is 3.53. The van der Waals surface area contributed by atoms with Gasteiger partial charge in [-0.15, -0.1) is 0 Å². The molecule has 2 heterocycles. The molecule has 0 radical (unpaired) electrons. The van der Waals surface area contributed by atoms with E-state index in [-0.39, 0.29) is 18.2 Å². The first-order chi connectivity index (χ1) is 11.6. The number of fused-ring (bicyclic) bond motifs is 1. The predicted octanol–water partition coefficient (Wildman–Crippen LogP) is 1.81. The Morgan fingerprint density at radius 1 is 1.42 bits per heavy atom. The molecule has 1 aliphatic rings. The van der Waals surface area contributed by atoms with Crippen LogP contribution in [0.15, 0.2) is 24.3 Å². The molecule has 0 bridgehead atoms. The summed E-state index contributed by atoms with van der Waals surface area (Å²) in [6.45, 7) is 0.307. The highest BCUT2D eigenvalue weighted by Crippen LogP contribution is 2.27. The van der Waals surface area contributed by atoms with Crippen molar-refractivity contribution in [1.82, 2.24) is 10.3 Å². The summed E-state index contributed by atoms with van der Waals surface area (Å²) >= 11 is 6.28. The summed E-state index contributed by atoms with van der Waals surface area (Å²) in [6.07, 6.45) is 0.0977. The van der Waals surface area contributed by atoms with Crippen LogP contribution in [-0.2, 0) is 14.3 Å². The number of hydrogen-bond acceptors (Lipinski definition) is 4. The van der Waals surface area contributed by atoms with Crippen LogP contribution < -0.4 is 5.32 Å². The van der Waals surface area contributed by atoms with Gasteiger partial charge in [-0.2, -0.15) is 0 Å². The Hall–Kier alpha value is -2.09. The molecule has 2 atom stereocenters. The molecule has 1 aromatic carbocycles. The van der Waals surface area contributed by atoms with Gasteiger partial charge in [0.2, 0.25) is 0 Å². The lowest BCUT2D eigenvalue weighted by Gasteiger charge is -2.31. The minimum Gasteiger partial charge on any atom is -0.480 e. The fraction of sp³-hybridized carbons (Fsp3) is 0.375. The first kappa shape index (κ1) is 16.8. The highest BCUT2D eigenvalue weighted by molar-refractivity contribution is 6.38. The van der Waals surface area contributed by atoms with Gasteiger partial charge in [0.05, 0.1) is 23.8 Å². The first-order valence-electron chi connectivity index (χ1n) is 7.54. The molecule has 3 N–H and O–H groups in total. The number of aromatic amines is 1. The Morgan fingerprint density at radius 3 is 2.96 bits per heavy atom. The van der Waals surface area contributed by atoms with E-state index in [4.69, 9.17) is 26.2 Å². The Kier molecular flexibility index (Phi) is 5.03. The number of hydrogen-bond donors (Lipinski definition) is 3. The van der Waals surface area contributed by atoms with Crippen LogP contribution in [0.5, 0.6) is 0 Å². The number of aromatic nitrogens is 1.